The lowest BCUT2D eigenvalue weighted by Crippen LogP contribution is -2.18. The Morgan fingerprint density at radius 3 is 2.68 bits per heavy atom. The average Bonchev–Trinajstić information content (AvgIpc) is 3.09. The van der Waals surface area contributed by atoms with E-state index in [1.54, 1.807) is 0 Å². The minimum absolute atomic E-state index is 0.765. The Morgan fingerprint density at radius 1 is 1.21 bits per heavy atom. The molecular weight excluding hydrogens is 238 g/mol. The van der Waals surface area contributed by atoms with Crippen LogP contribution in [0.1, 0.15) is 18.5 Å². The minimum Gasteiger partial charge on any atom is -0.378 e. The van der Waals surface area contributed by atoms with E-state index in [1.165, 1.54) is 12.8 Å². The molecule has 5 nitrogen and oxygen atoms in total. The summed E-state index contributed by atoms with van der Waals surface area (Å²) in [5.41, 5.74) is 2.20. The molecule has 1 aliphatic rings. The van der Waals surface area contributed by atoms with Crippen molar-refractivity contribution < 1.29 is 0 Å². The zero-order valence-corrected chi connectivity index (χ0v) is 11.2. The third-order valence-corrected chi connectivity index (χ3v) is 3.57. The standard InChI is InChI=1S/C14H19N5/c1-18-11-15-9-13(18)10-16-12-4-5-14(17-8-12)19-6-2-3-7-19/h4-5,8-9,11,16H,2-3,6-7,10H2,1H3. The van der Waals surface area contributed by atoms with Gasteiger partial charge in [-0.3, -0.25) is 0 Å². The zero-order valence-electron chi connectivity index (χ0n) is 11.2. The fraction of sp³-hybridized carbons (Fsp3) is 0.429. The van der Waals surface area contributed by atoms with Crippen molar-refractivity contribution in [2.45, 2.75) is 19.4 Å². The number of aryl methyl sites for hydroxylation is 1. The molecule has 1 N–H and O–H groups in total. The van der Waals surface area contributed by atoms with Crippen molar-refractivity contribution in [1.82, 2.24) is 14.5 Å². The minimum atomic E-state index is 0.765. The topological polar surface area (TPSA) is 46.0 Å². The van der Waals surface area contributed by atoms with Crippen LogP contribution in [0.15, 0.2) is 30.9 Å². The lowest BCUT2D eigenvalue weighted by Gasteiger charge is -2.16. The van der Waals surface area contributed by atoms with Crippen molar-refractivity contribution in [3.63, 3.8) is 0 Å². The molecule has 2 aromatic rings. The van der Waals surface area contributed by atoms with E-state index in [9.17, 15) is 0 Å². The van der Waals surface area contributed by atoms with Crippen molar-refractivity contribution in [3.8, 4) is 0 Å². The summed E-state index contributed by atoms with van der Waals surface area (Å²) in [6.45, 7) is 3.03. The molecule has 2 aromatic heterocycles. The maximum atomic E-state index is 4.52. The van der Waals surface area contributed by atoms with Crippen LogP contribution in [0.25, 0.3) is 0 Å². The van der Waals surface area contributed by atoms with Crippen molar-refractivity contribution in [1.29, 1.82) is 0 Å². The number of imidazole rings is 1. The van der Waals surface area contributed by atoms with E-state index in [-0.39, 0.29) is 0 Å². The molecule has 0 saturated carbocycles. The molecular formula is C14H19N5. The highest BCUT2D eigenvalue weighted by Gasteiger charge is 2.12. The van der Waals surface area contributed by atoms with Gasteiger partial charge in [0, 0.05) is 26.3 Å². The van der Waals surface area contributed by atoms with Crippen molar-refractivity contribution in [2.75, 3.05) is 23.3 Å². The highest BCUT2D eigenvalue weighted by Crippen LogP contribution is 2.19. The third kappa shape index (κ3) is 2.70. The van der Waals surface area contributed by atoms with Gasteiger partial charge in [-0.05, 0) is 25.0 Å². The van der Waals surface area contributed by atoms with Crippen LogP contribution in [0.2, 0.25) is 0 Å². The first kappa shape index (κ1) is 12.0. The van der Waals surface area contributed by atoms with E-state index >= 15 is 0 Å². The maximum absolute atomic E-state index is 4.52. The molecule has 0 spiro atoms. The molecule has 19 heavy (non-hydrogen) atoms. The number of hydrogen-bond acceptors (Lipinski definition) is 4. The molecule has 5 heteroatoms. The van der Waals surface area contributed by atoms with E-state index in [2.05, 4.69) is 32.3 Å². The molecule has 100 valence electrons. The largest absolute Gasteiger partial charge is 0.378 e. The van der Waals surface area contributed by atoms with Crippen LogP contribution in [0, 0.1) is 0 Å². The van der Waals surface area contributed by atoms with Gasteiger partial charge < -0.3 is 14.8 Å². The Morgan fingerprint density at radius 2 is 2.05 bits per heavy atom. The van der Waals surface area contributed by atoms with Crippen LogP contribution in [0.4, 0.5) is 11.5 Å². The number of anilines is 2. The van der Waals surface area contributed by atoms with E-state index in [0.29, 0.717) is 0 Å². The predicted octanol–water partition coefficient (Wildman–Crippen LogP) is 2.03. The Kier molecular flexibility index (Phi) is 3.35. The van der Waals surface area contributed by atoms with E-state index in [0.717, 1.165) is 36.8 Å². The molecule has 0 aromatic carbocycles. The first-order valence-corrected chi connectivity index (χ1v) is 6.73. The second-order valence-electron chi connectivity index (χ2n) is 4.95. The smallest absolute Gasteiger partial charge is 0.128 e. The molecule has 0 unspecified atom stereocenters. The zero-order chi connectivity index (χ0) is 13.1. The average molecular weight is 257 g/mol. The Labute approximate surface area is 113 Å². The SMILES string of the molecule is Cn1cncc1CNc1ccc(N2CCCC2)nc1. The lowest BCUT2D eigenvalue weighted by atomic mass is 10.3. The summed E-state index contributed by atoms with van der Waals surface area (Å²) in [5, 5.41) is 3.36. The summed E-state index contributed by atoms with van der Waals surface area (Å²) >= 11 is 0. The Balaban J connectivity index is 1.61. The van der Waals surface area contributed by atoms with Crippen molar-refractivity contribution in [3.05, 3.63) is 36.5 Å². The van der Waals surface area contributed by atoms with Gasteiger partial charge in [-0.1, -0.05) is 0 Å². The van der Waals surface area contributed by atoms with Gasteiger partial charge in [0.1, 0.15) is 5.82 Å². The lowest BCUT2D eigenvalue weighted by molar-refractivity contribution is 0.837. The number of rotatable bonds is 4. The molecule has 1 fully saturated rings. The Hall–Kier alpha value is -2.04. The number of nitrogens with one attached hydrogen (secondary N) is 1. The molecule has 1 aliphatic heterocycles. The molecule has 0 amide bonds. The van der Waals surface area contributed by atoms with Gasteiger partial charge in [-0.15, -0.1) is 0 Å². The highest BCUT2D eigenvalue weighted by atomic mass is 15.2. The summed E-state index contributed by atoms with van der Waals surface area (Å²) in [4.78, 5) is 11.0. The second kappa shape index (κ2) is 5.30. The summed E-state index contributed by atoms with van der Waals surface area (Å²) in [7, 11) is 2.00. The van der Waals surface area contributed by atoms with Crippen molar-refractivity contribution >= 4 is 11.5 Å². The van der Waals surface area contributed by atoms with Crippen LogP contribution in [0.5, 0.6) is 0 Å². The van der Waals surface area contributed by atoms with Crippen LogP contribution in [-0.2, 0) is 13.6 Å². The number of aromatic nitrogens is 3. The molecule has 0 atom stereocenters. The normalized spacial score (nSPS) is 14.9. The van der Waals surface area contributed by atoms with Gasteiger partial charge in [0.25, 0.3) is 0 Å². The van der Waals surface area contributed by atoms with E-state index in [4.69, 9.17) is 0 Å². The quantitative estimate of drug-likeness (QED) is 0.910. The fourth-order valence-electron chi connectivity index (χ4n) is 2.37. The van der Waals surface area contributed by atoms with Crippen LogP contribution < -0.4 is 10.2 Å². The fourth-order valence-corrected chi connectivity index (χ4v) is 2.37. The highest BCUT2D eigenvalue weighted by molar-refractivity contribution is 5.49. The van der Waals surface area contributed by atoms with Gasteiger partial charge in [-0.25, -0.2) is 9.97 Å². The number of pyridine rings is 1. The van der Waals surface area contributed by atoms with Gasteiger partial charge in [0.05, 0.1) is 30.5 Å². The summed E-state index contributed by atoms with van der Waals surface area (Å²) in [6, 6.07) is 4.19. The maximum Gasteiger partial charge on any atom is 0.128 e. The molecule has 0 radical (unpaired) electrons. The first-order valence-electron chi connectivity index (χ1n) is 6.73. The van der Waals surface area contributed by atoms with Gasteiger partial charge in [0.15, 0.2) is 0 Å². The van der Waals surface area contributed by atoms with Crippen LogP contribution in [-0.4, -0.2) is 27.6 Å². The molecule has 0 aliphatic carbocycles. The second-order valence-corrected chi connectivity index (χ2v) is 4.95. The van der Waals surface area contributed by atoms with Gasteiger partial charge in [0.2, 0.25) is 0 Å². The van der Waals surface area contributed by atoms with Crippen molar-refractivity contribution in [2.24, 2.45) is 7.05 Å². The predicted molar refractivity (Wildman–Crippen MR) is 76.2 cm³/mol. The number of nitrogens with zero attached hydrogens (tertiary/aromatic N) is 4. The van der Waals surface area contributed by atoms with E-state index in [1.807, 2.05) is 30.3 Å². The Bertz CT molecular complexity index is 525. The van der Waals surface area contributed by atoms with Crippen LogP contribution in [0.3, 0.4) is 0 Å². The molecule has 0 bridgehead atoms. The van der Waals surface area contributed by atoms with Crippen LogP contribution >= 0.6 is 0 Å². The summed E-state index contributed by atoms with van der Waals surface area (Å²) < 4.78 is 2.01. The summed E-state index contributed by atoms with van der Waals surface area (Å²) in [5.74, 6) is 1.09. The first-order chi connectivity index (χ1) is 9.33. The molecule has 3 heterocycles. The van der Waals surface area contributed by atoms with Gasteiger partial charge >= 0.3 is 0 Å². The molecule has 3 rings (SSSR count). The van der Waals surface area contributed by atoms with Gasteiger partial charge in [-0.2, -0.15) is 0 Å². The third-order valence-electron chi connectivity index (χ3n) is 3.57. The monoisotopic (exact) mass is 257 g/mol. The summed E-state index contributed by atoms with van der Waals surface area (Å²) in [6.07, 6.45) is 8.15. The molecule has 1 saturated heterocycles. The van der Waals surface area contributed by atoms with E-state index < -0.39 is 0 Å². The number of hydrogen-bond donors (Lipinski definition) is 1.